The number of rotatable bonds is 14. The van der Waals surface area contributed by atoms with Gasteiger partial charge in [-0.15, -0.1) is 5.10 Å². The lowest BCUT2D eigenvalue weighted by molar-refractivity contribution is -0.223. The van der Waals surface area contributed by atoms with Gasteiger partial charge in [0.05, 0.1) is 30.3 Å². The van der Waals surface area contributed by atoms with Gasteiger partial charge < -0.3 is 40.0 Å². The minimum Gasteiger partial charge on any atom is -0.489 e. The van der Waals surface area contributed by atoms with E-state index in [0.717, 1.165) is 39.7 Å². The Hall–Kier alpha value is -7.49. The van der Waals surface area contributed by atoms with Gasteiger partial charge in [-0.1, -0.05) is 28.4 Å². The standard InChI is InChI=1S/C49H42Cl2F5N11O10/c1-21-58-45(67(63-21)36-13-24(50)2-6-30(36)49(54,55)56)44-43(41(42(71)37(19-68)77-44)66-18-34(62-64-66)22-11-31(52)40(51)32(53)12-22)75-20-39(70)59-26-14-28(15-26)76-27-4-7-33(57-16-27)46(72)60-25-3-5-29-23(10-25)17-65(48(29)74)35-8-9-38(69)61-47(35)73/h2-7,10-13,16,18,26,28,35,37,41-44,68,71H,8-9,14-15,17,19-20H2,1H3,(H,59,70)(H,60,72)(H,61,69,73)/t26-,28+,35-,37+,41-,42-,43+,44+/m0/s1. The van der Waals surface area contributed by atoms with E-state index in [-0.39, 0.29) is 58.9 Å². The van der Waals surface area contributed by atoms with Crippen molar-refractivity contribution in [2.75, 3.05) is 18.5 Å². The number of alkyl halides is 3. The van der Waals surface area contributed by atoms with Crippen molar-refractivity contribution in [3.63, 3.8) is 0 Å². The first-order valence-electron chi connectivity index (χ1n) is 23.7. The summed E-state index contributed by atoms with van der Waals surface area (Å²) in [5.41, 5.74) is -0.543. The van der Waals surface area contributed by atoms with Gasteiger partial charge in [0.1, 0.15) is 88.8 Å². The van der Waals surface area contributed by atoms with Gasteiger partial charge in [-0.3, -0.25) is 29.3 Å². The number of hydrogen-bond donors (Lipinski definition) is 5. The van der Waals surface area contributed by atoms with Crippen molar-refractivity contribution in [1.82, 2.24) is 50.3 Å². The molecule has 10 rings (SSSR count). The zero-order valence-electron chi connectivity index (χ0n) is 39.9. The predicted molar refractivity (Wildman–Crippen MR) is 256 cm³/mol. The minimum absolute atomic E-state index is 0.0414. The first-order chi connectivity index (χ1) is 36.7. The Morgan fingerprint density at radius 3 is 2.48 bits per heavy atom. The Morgan fingerprint density at radius 1 is 1.01 bits per heavy atom. The van der Waals surface area contributed by atoms with E-state index in [4.69, 9.17) is 37.4 Å². The molecule has 1 aliphatic carbocycles. The van der Waals surface area contributed by atoms with E-state index >= 15 is 0 Å². The average molecular weight is 1110 g/mol. The monoisotopic (exact) mass is 1110 g/mol. The number of anilines is 1. The van der Waals surface area contributed by atoms with Crippen LogP contribution in [0.2, 0.25) is 10.0 Å². The number of ether oxygens (including phenoxy) is 3. The molecule has 3 aliphatic heterocycles. The highest BCUT2D eigenvalue weighted by Crippen LogP contribution is 2.43. The van der Waals surface area contributed by atoms with Gasteiger partial charge >= 0.3 is 6.18 Å². The van der Waals surface area contributed by atoms with E-state index in [0.29, 0.717) is 35.4 Å². The SMILES string of the molecule is Cc1nc([C@@H]2O[C@H](CO)[C@H](O)[C@H](n3cc(-c4cc(F)c(Cl)c(F)c4)nn3)[C@H]2OCC(=O)N[C@H]2C[C@@H](Oc3ccc(C(=O)Nc4ccc5c(c4)CN([C@H]4CCC(=O)NC4=O)C5=O)nc3)C2)n(-c2cc(Cl)ccc2C(F)(F)F)n1. The highest BCUT2D eigenvalue weighted by molar-refractivity contribution is 6.31. The fourth-order valence-corrected chi connectivity index (χ4v) is 9.88. The van der Waals surface area contributed by atoms with E-state index in [1.54, 1.807) is 24.3 Å². The third-order valence-corrected chi connectivity index (χ3v) is 14.0. The molecule has 77 heavy (non-hydrogen) atoms. The number of benzene rings is 3. The van der Waals surface area contributed by atoms with E-state index in [2.05, 4.69) is 41.3 Å². The molecule has 0 bridgehead atoms. The normalized spacial score (nSPS) is 23.3. The van der Waals surface area contributed by atoms with Crippen molar-refractivity contribution in [2.24, 2.45) is 0 Å². The van der Waals surface area contributed by atoms with Crippen molar-refractivity contribution in [3.05, 3.63) is 129 Å². The van der Waals surface area contributed by atoms with Crippen LogP contribution in [0.5, 0.6) is 5.75 Å². The smallest absolute Gasteiger partial charge is 0.418 e. The van der Waals surface area contributed by atoms with Crippen molar-refractivity contribution in [2.45, 2.75) is 94.0 Å². The van der Waals surface area contributed by atoms with Gasteiger partial charge in [-0.25, -0.2) is 28.1 Å². The summed E-state index contributed by atoms with van der Waals surface area (Å²) in [5.74, 6) is -4.78. The molecule has 3 aromatic carbocycles. The molecule has 5 amide bonds. The van der Waals surface area contributed by atoms with E-state index in [1.807, 2.05) is 0 Å². The maximum absolute atomic E-state index is 14.5. The zero-order chi connectivity index (χ0) is 54.6. The van der Waals surface area contributed by atoms with E-state index in [9.17, 15) is 56.1 Å². The molecule has 5 N–H and O–H groups in total. The molecule has 21 nitrogen and oxygen atoms in total. The number of imide groups is 1. The molecule has 6 heterocycles. The number of carbonyl (C=O) groups is 5. The number of halogens is 7. The molecule has 1 saturated carbocycles. The highest BCUT2D eigenvalue weighted by atomic mass is 35.5. The number of nitrogens with one attached hydrogen (secondary N) is 3. The zero-order valence-corrected chi connectivity index (χ0v) is 41.4. The van der Waals surface area contributed by atoms with Crippen molar-refractivity contribution < 1.29 is 70.3 Å². The number of pyridine rings is 1. The number of fused-ring (bicyclic) bond motifs is 1. The summed E-state index contributed by atoms with van der Waals surface area (Å²) in [5, 5.41) is 41.5. The second-order valence-corrected chi connectivity index (χ2v) is 19.4. The second-order valence-electron chi connectivity index (χ2n) is 18.5. The fourth-order valence-electron chi connectivity index (χ4n) is 9.61. The summed E-state index contributed by atoms with van der Waals surface area (Å²) in [6.45, 7) is -0.0902. The first-order valence-corrected chi connectivity index (χ1v) is 24.4. The Bertz CT molecular complexity index is 3300. The summed E-state index contributed by atoms with van der Waals surface area (Å²) in [6, 6.07) is 9.60. The number of carbonyl (C=O) groups excluding carboxylic acids is 5. The third kappa shape index (κ3) is 10.8. The van der Waals surface area contributed by atoms with Crippen LogP contribution in [0.4, 0.5) is 27.6 Å². The summed E-state index contributed by atoms with van der Waals surface area (Å²) in [6.07, 6.45) is -8.24. The van der Waals surface area contributed by atoms with Crippen LogP contribution in [-0.4, -0.2) is 129 Å². The number of hydrogen-bond acceptors (Lipinski definition) is 15. The number of aliphatic hydroxyl groups is 2. The van der Waals surface area contributed by atoms with Crippen LogP contribution in [0.25, 0.3) is 16.9 Å². The van der Waals surface area contributed by atoms with Gasteiger partial charge in [0.15, 0.2) is 5.82 Å². The summed E-state index contributed by atoms with van der Waals surface area (Å²) < 4.78 is 92.8. The molecule has 3 fully saturated rings. The van der Waals surface area contributed by atoms with Crippen LogP contribution < -0.4 is 20.7 Å². The third-order valence-electron chi connectivity index (χ3n) is 13.4. The van der Waals surface area contributed by atoms with Gasteiger partial charge in [0.25, 0.3) is 11.8 Å². The average Bonchev–Trinajstić information content (AvgIpc) is 4.18. The summed E-state index contributed by atoms with van der Waals surface area (Å²) in [4.78, 5) is 73.9. The van der Waals surface area contributed by atoms with Crippen molar-refractivity contribution >= 4 is 58.4 Å². The number of amides is 5. The van der Waals surface area contributed by atoms with Crippen molar-refractivity contribution in [1.29, 1.82) is 0 Å². The number of aliphatic hydroxyl groups excluding tert-OH is 2. The Kier molecular flexibility index (Phi) is 14.5. The van der Waals surface area contributed by atoms with Gasteiger partial charge in [-0.2, -0.15) is 18.3 Å². The molecule has 4 aliphatic rings. The lowest BCUT2D eigenvalue weighted by Gasteiger charge is -2.43. The largest absolute Gasteiger partial charge is 0.489 e. The summed E-state index contributed by atoms with van der Waals surface area (Å²) >= 11 is 11.9. The molecule has 0 unspecified atom stereocenters. The molecule has 3 aromatic heterocycles. The molecule has 28 heteroatoms. The lowest BCUT2D eigenvalue weighted by atomic mass is 9.89. The molecular formula is C49H42Cl2F5N11O10. The maximum Gasteiger partial charge on any atom is 0.418 e. The second kappa shape index (κ2) is 21.1. The van der Waals surface area contributed by atoms with Gasteiger partial charge in [-0.05, 0) is 79.6 Å². The van der Waals surface area contributed by atoms with Gasteiger partial charge in [0, 0.05) is 53.7 Å². The lowest BCUT2D eigenvalue weighted by Crippen LogP contribution is -2.55. The quantitative estimate of drug-likeness (QED) is 0.0546. The van der Waals surface area contributed by atoms with Crippen LogP contribution in [0.1, 0.15) is 81.5 Å². The maximum atomic E-state index is 14.5. The number of aromatic nitrogens is 7. The molecule has 0 radical (unpaired) electrons. The number of piperidine rings is 1. The predicted octanol–water partition coefficient (Wildman–Crippen LogP) is 4.99. The summed E-state index contributed by atoms with van der Waals surface area (Å²) in [7, 11) is 0. The van der Waals surface area contributed by atoms with Crippen LogP contribution in [0, 0.1) is 18.6 Å². The Balaban J connectivity index is 0.806. The van der Waals surface area contributed by atoms with Crippen molar-refractivity contribution in [3.8, 4) is 22.7 Å². The van der Waals surface area contributed by atoms with E-state index in [1.165, 1.54) is 30.3 Å². The molecule has 0 spiro atoms. The highest BCUT2D eigenvalue weighted by Gasteiger charge is 2.51. The topological polar surface area (TPSA) is 267 Å². The molecule has 6 aromatic rings. The van der Waals surface area contributed by atoms with Gasteiger partial charge in [0.2, 0.25) is 17.7 Å². The Labute approximate surface area is 441 Å². The van der Waals surface area contributed by atoms with Crippen LogP contribution in [0.15, 0.2) is 73.1 Å². The number of nitrogens with zero attached hydrogens (tertiary/aromatic N) is 8. The first kappa shape index (κ1) is 52.9. The van der Waals surface area contributed by atoms with E-state index < -0.39 is 120 Å². The van der Waals surface area contributed by atoms with Crippen LogP contribution >= 0.6 is 23.2 Å². The molecular weight excluding hydrogens is 1070 g/mol. The van der Waals surface area contributed by atoms with Crippen LogP contribution in [0.3, 0.4) is 0 Å². The fraction of sp³-hybridized carbons (Fsp3) is 0.347. The number of aryl methyl sites for hydroxylation is 1. The Morgan fingerprint density at radius 2 is 1.78 bits per heavy atom. The van der Waals surface area contributed by atoms with Crippen LogP contribution in [-0.2, 0) is 36.6 Å². The molecule has 402 valence electrons. The molecule has 6 atom stereocenters. The molecule has 2 saturated heterocycles. The minimum atomic E-state index is -4.92.